The number of aryl methyl sites for hydroxylation is 1. The highest BCUT2D eigenvalue weighted by atomic mass is 15.3. The fraction of sp³-hybridized carbons (Fsp3) is 0.154. The van der Waals surface area contributed by atoms with E-state index in [0.717, 1.165) is 29.0 Å². The van der Waals surface area contributed by atoms with Gasteiger partial charge in [0.1, 0.15) is 11.6 Å². The van der Waals surface area contributed by atoms with Gasteiger partial charge in [-0.2, -0.15) is 5.10 Å². The van der Waals surface area contributed by atoms with Crippen molar-refractivity contribution in [1.82, 2.24) is 19.7 Å². The smallest absolute Gasteiger partial charge is 0.168 e. The first-order valence-corrected chi connectivity index (χ1v) is 5.85. The lowest BCUT2D eigenvalue weighted by atomic mass is 10.3. The summed E-state index contributed by atoms with van der Waals surface area (Å²) in [5.74, 6) is 1.22. The molecule has 90 valence electrons. The number of nitrogens with two attached hydrogens (primary N) is 1. The van der Waals surface area contributed by atoms with Crippen LogP contribution in [0.5, 0.6) is 0 Å². The lowest BCUT2D eigenvalue weighted by Crippen LogP contribution is -2.02. The zero-order valence-corrected chi connectivity index (χ0v) is 10.0. The predicted octanol–water partition coefficient (Wildman–Crippen LogP) is 1.96. The van der Waals surface area contributed by atoms with E-state index in [1.807, 2.05) is 37.3 Å². The molecular formula is C13H13N5. The number of nitrogens with zero attached hydrogens (tertiary/aromatic N) is 4. The topological polar surface area (TPSA) is 69.6 Å². The molecule has 0 amide bonds. The average molecular weight is 239 g/mol. The molecule has 3 rings (SSSR count). The molecule has 2 N–H and O–H groups in total. The van der Waals surface area contributed by atoms with Gasteiger partial charge >= 0.3 is 0 Å². The standard InChI is InChI=1S/C13H13N5/c1-2-11-16-12(14)10-8-15-18(13(10)17-11)9-6-4-3-5-7-9/h3-8H,2H2,1H3,(H2,14,16,17). The molecule has 1 aromatic carbocycles. The Kier molecular flexibility index (Phi) is 2.44. The minimum absolute atomic E-state index is 0.485. The highest BCUT2D eigenvalue weighted by Gasteiger charge is 2.11. The fourth-order valence-electron chi connectivity index (χ4n) is 1.89. The summed E-state index contributed by atoms with van der Waals surface area (Å²) in [5, 5.41) is 5.12. The average Bonchev–Trinajstić information content (AvgIpc) is 2.84. The van der Waals surface area contributed by atoms with Crippen LogP contribution in [0.1, 0.15) is 12.7 Å². The predicted molar refractivity (Wildman–Crippen MR) is 70.5 cm³/mol. The van der Waals surface area contributed by atoms with Crippen molar-refractivity contribution in [3.8, 4) is 5.69 Å². The molecule has 5 nitrogen and oxygen atoms in total. The first kappa shape index (κ1) is 10.7. The molecule has 0 aliphatic heterocycles. The van der Waals surface area contributed by atoms with Crippen LogP contribution >= 0.6 is 0 Å². The molecule has 2 aromatic heterocycles. The molecule has 0 atom stereocenters. The van der Waals surface area contributed by atoms with E-state index in [2.05, 4.69) is 15.1 Å². The Bertz CT molecular complexity index is 687. The summed E-state index contributed by atoms with van der Waals surface area (Å²) in [6.07, 6.45) is 2.46. The van der Waals surface area contributed by atoms with E-state index in [1.54, 1.807) is 10.9 Å². The van der Waals surface area contributed by atoms with Crippen molar-refractivity contribution >= 4 is 16.9 Å². The number of hydrogen-bond acceptors (Lipinski definition) is 4. The lowest BCUT2D eigenvalue weighted by molar-refractivity contribution is 0.878. The molecule has 0 spiro atoms. The Labute approximate surface area is 104 Å². The molecule has 0 aliphatic rings. The monoisotopic (exact) mass is 239 g/mol. The Morgan fingerprint density at radius 2 is 1.94 bits per heavy atom. The van der Waals surface area contributed by atoms with Crippen LogP contribution in [0.4, 0.5) is 5.82 Å². The van der Waals surface area contributed by atoms with Crippen molar-refractivity contribution in [2.24, 2.45) is 0 Å². The number of aromatic nitrogens is 4. The van der Waals surface area contributed by atoms with Crippen LogP contribution in [-0.2, 0) is 6.42 Å². The molecule has 0 saturated heterocycles. The lowest BCUT2D eigenvalue weighted by Gasteiger charge is -2.04. The van der Waals surface area contributed by atoms with E-state index in [1.165, 1.54) is 0 Å². The molecule has 2 heterocycles. The van der Waals surface area contributed by atoms with Crippen molar-refractivity contribution in [1.29, 1.82) is 0 Å². The largest absolute Gasteiger partial charge is 0.383 e. The second-order valence-electron chi connectivity index (χ2n) is 4.01. The molecule has 0 radical (unpaired) electrons. The van der Waals surface area contributed by atoms with Crippen molar-refractivity contribution in [3.63, 3.8) is 0 Å². The summed E-state index contributed by atoms with van der Waals surface area (Å²) >= 11 is 0. The summed E-state index contributed by atoms with van der Waals surface area (Å²) in [7, 11) is 0. The van der Waals surface area contributed by atoms with Crippen molar-refractivity contribution in [2.75, 3.05) is 5.73 Å². The maximum atomic E-state index is 5.92. The maximum Gasteiger partial charge on any atom is 0.168 e. The Morgan fingerprint density at radius 1 is 1.17 bits per heavy atom. The zero-order valence-electron chi connectivity index (χ0n) is 10.0. The zero-order chi connectivity index (χ0) is 12.5. The van der Waals surface area contributed by atoms with Gasteiger partial charge in [-0.25, -0.2) is 14.6 Å². The summed E-state index contributed by atoms with van der Waals surface area (Å²) in [6.45, 7) is 2.00. The second kappa shape index (κ2) is 4.10. The van der Waals surface area contributed by atoms with Crippen LogP contribution in [0, 0.1) is 0 Å². The third-order valence-corrected chi connectivity index (χ3v) is 2.82. The van der Waals surface area contributed by atoms with Gasteiger partial charge in [0.25, 0.3) is 0 Å². The van der Waals surface area contributed by atoms with Crippen LogP contribution in [0.25, 0.3) is 16.7 Å². The molecule has 0 saturated carbocycles. The third-order valence-electron chi connectivity index (χ3n) is 2.82. The van der Waals surface area contributed by atoms with Crippen LogP contribution in [0.15, 0.2) is 36.5 Å². The Morgan fingerprint density at radius 3 is 2.67 bits per heavy atom. The van der Waals surface area contributed by atoms with E-state index in [-0.39, 0.29) is 0 Å². The molecule has 18 heavy (non-hydrogen) atoms. The molecule has 3 aromatic rings. The number of hydrogen-bond donors (Lipinski definition) is 1. The molecule has 5 heteroatoms. The molecule has 0 unspecified atom stereocenters. The highest BCUT2D eigenvalue weighted by Crippen LogP contribution is 2.20. The van der Waals surface area contributed by atoms with Gasteiger partial charge in [-0.1, -0.05) is 25.1 Å². The molecular weight excluding hydrogens is 226 g/mol. The van der Waals surface area contributed by atoms with Gasteiger partial charge < -0.3 is 5.73 Å². The van der Waals surface area contributed by atoms with E-state index in [0.29, 0.717) is 5.82 Å². The Balaban J connectivity index is 2.28. The van der Waals surface area contributed by atoms with Crippen LogP contribution in [0.3, 0.4) is 0 Å². The normalized spacial score (nSPS) is 10.9. The first-order valence-electron chi connectivity index (χ1n) is 5.85. The number of anilines is 1. The number of fused-ring (bicyclic) bond motifs is 1. The summed E-state index contributed by atoms with van der Waals surface area (Å²) in [5.41, 5.74) is 7.64. The van der Waals surface area contributed by atoms with E-state index >= 15 is 0 Å². The van der Waals surface area contributed by atoms with Crippen molar-refractivity contribution < 1.29 is 0 Å². The minimum Gasteiger partial charge on any atom is -0.383 e. The third kappa shape index (κ3) is 1.60. The number of nitrogen functional groups attached to an aromatic ring is 1. The van der Waals surface area contributed by atoms with E-state index < -0.39 is 0 Å². The van der Waals surface area contributed by atoms with Gasteiger partial charge in [-0.15, -0.1) is 0 Å². The van der Waals surface area contributed by atoms with Gasteiger partial charge in [0.15, 0.2) is 5.65 Å². The van der Waals surface area contributed by atoms with Crippen LogP contribution in [0.2, 0.25) is 0 Å². The number of rotatable bonds is 2. The van der Waals surface area contributed by atoms with Crippen molar-refractivity contribution in [2.45, 2.75) is 13.3 Å². The molecule has 0 bridgehead atoms. The quantitative estimate of drug-likeness (QED) is 0.742. The van der Waals surface area contributed by atoms with E-state index in [4.69, 9.17) is 5.73 Å². The second-order valence-corrected chi connectivity index (χ2v) is 4.01. The van der Waals surface area contributed by atoms with Gasteiger partial charge in [-0.3, -0.25) is 0 Å². The first-order chi connectivity index (χ1) is 8.79. The maximum absolute atomic E-state index is 5.92. The highest BCUT2D eigenvalue weighted by molar-refractivity contribution is 5.86. The summed E-state index contributed by atoms with van der Waals surface area (Å²) in [6, 6.07) is 9.87. The van der Waals surface area contributed by atoms with Crippen LogP contribution in [-0.4, -0.2) is 19.7 Å². The Hall–Kier alpha value is -2.43. The van der Waals surface area contributed by atoms with Crippen LogP contribution < -0.4 is 5.73 Å². The summed E-state index contributed by atoms with van der Waals surface area (Å²) in [4.78, 5) is 8.74. The SMILES string of the molecule is CCc1nc(N)c2cnn(-c3ccccc3)c2n1. The van der Waals surface area contributed by atoms with Gasteiger partial charge in [-0.05, 0) is 12.1 Å². The van der Waals surface area contributed by atoms with Gasteiger partial charge in [0.2, 0.25) is 0 Å². The minimum atomic E-state index is 0.485. The number of benzene rings is 1. The number of para-hydroxylation sites is 1. The fourth-order valence-corrected chi connectivity index (χ4v) is 1.89. The van der Waals surface area contributed by atoms with Crippen molar-refractivity contribution in [3.05, 3.63) is 42.4 Å². The van der Waals surface area contributed by atoms with Gasteiger partial charge in [0.05, 0.1) is 17.3 Å². The van der Waals surface area contributed by atoms with E-state index in [9.17, 15) is 0 Å². The van der Waals surface area contributed by atoms with Gasteiger partial charge in [0, 0.05) is 6.42 Å². The molecule has 0 aliphatic carbocycles. The molecule has 0 fully saturated rings. The summed E-state index contributed by atoms with van der Waals surface area (Å²) < 4.78 is 1.78.